The number of anilines is 2. The van der Waals surface area contributed by atoms with Gasteiger partial charge >= 0.3 is 5.97 Å². The zero-order valence-electron chi connectivity index (χ0n) is 15.9. The van der Waals surface area contributed by atoms with E-state index >= 15 is 0 Å². The first kappa shape index (κ1) is 21.6. The van der Waals surface area contributed by atoms with Crippen molar-refractivity contribution >= 4 is 51.3 Å². The first-order valence-electron chi connectivity index (χ1n) is 8.28. The van der Waals surface area contributed by atoms with E-state index in [9.17, 15) is 9.59 Å². The lowest BCUT2D eigenvalue weighted by atomic mass is 10.2. The van der Waals surface area contributed by atoms with Gasteiger partial charge in [-0.3, -0.25) is 9.59 Å². The number of esters is 1. The molecule has 0 radical (unpaired) electrons. The molecule has 0 saturated heterocycles. The maximum atomic E-state index is 12.4. The summed E-state index contributed by atoms with van der Waals surface area (Å²) < 4.78 is 5.15. The molecule has 10 heteroatoms. The van der Waals surface area contributed by atoms with Gasteiger partial charge in [0, 0.05) is 5.38 Å². The number of halogens is 1. The first-order chi connectivity index (χ1) is 13.2. The Morgan fingerprint density at radius 1 is 1.29 bits per heavy atom. The minimum atomic E-state index is -0.639. The van der Waals surface area contributed by atoms with Crippen molar-refractivity contribution in [3.63, 3.8) is 0 Å². The van der Waals surface area contributed by atoms with Crippen molar-refractivity contribution in [2.75, 3.05) is 19.0 Å². The Bertz CT molecular complexity index is 876. The maximum absolute atomic E-state index is 12.4. The van der Waals surface area contributed by atoms with E-state index in [-0.39, 0.29) is 12.3 Å². The number of hydrogen-bond donors (Lipinski definition) is 2. The Morgan fingerprint density at radius 3 is 2.64 bits per heavy atom. The lowest BCUT2D eigenvalue weighted by Gasteiger charge is -2.19. The van der Waals surface area contributed by atoms with Crippen molar-refractivity contribution in [3.8, 4) is 0 Å². The highest BCUT2D eigenvalue weighted by atomic mass is 35.5. The molecule has 1 aromatic heterocycles. The quantitative estimate of drug-likeness (QED) is 0.401. The summed E-state index contributed by atoms with van der Waals surface area (Å²) in [4.78, 5) is 33.3. The van der Waals surface area contributed by atoms with Crippen LogP contribution in [0.15, 0.2) is 34.8 Å². The monoisotopic (exact) mass is 424 g/mol. The molecule has 0 unspecified atom stereocenters. The van der Waals surface area contributed by atoms with Gasteiger partial charge in [-0.1, -0.05) is 28.9 Å². The number of nitrogens with zero attached hydrogens (tertiary/aromatic N) is 2. The number of para-hydroxylation sites is 1. The van der Waals surface area contributed by atoms with E-state index in [0.717, 1.165) is 0 Å². The molecular formula is C18H21ClN4O4S. The summed E-state index contributed by atoms with van der Waals surface area (Å²) in [5.74, 6) is -1.17. The van der Waals surface area contributed by atoms with Gasteiger partial charge < -0.3 is 20.2 Å². The molecule has 1 aromatic carbocycles. The van der Waals surface area contributed by atoms with Crippen LogP contribution in [0.2, 0.25) is 5.02 Å². The molecule has 0 fully saturated rings. The number of rotatable bonds is 7. The molecule has 2 N–H and O–H groups in total. The van der Waals surface area contributed by atoms with E-state index in [1.807, 2.05) is 12.1 Å². The molecule has 0 aliphatic carbocycles. The van der Waals surface area contributed by atoms with Gasteiger partial charge in [-0.25, -0.2) is 4.98 Å². The molecular weight excluding hydrogens is 404 g/mol. The Labute approximate surface area is 171 Å². The summed E-state index contributed by atoms with van der Waals surface area (Å²) >= 11 is 7.39. The van der Waals surface area contributed by atoms with E-state index in [2.05, 4.69) is 20.8 Å². The molecule has 0 bridgehead atoms. The van der Waals surface area contributed by atoms with Gasteiger partial charge in [0.1, 0.15) is 24.9 Å². The maximum Gasteiger partial charge on any atom is 0.325 e. The number of nitrogens with one attached hydrogen (secondary N) is 2. The third-order valence-electron chi connectivity index (χ3n) is 3.07. The van der Waals surface area contributed by atoms with Gasteiger partial charge in [0.25, 0.3) is 5.91 Å². The second-order valence-electron chi connectivity index (χ2n) is 6.53. The Balaban J connectivity index is 2.07. The Hall–Kier alpha value is -2.65. The fourth-order valence-electron chi connectivity index (χ4n) is 2.03. The zero-order chi connectivity index (χ0) is 20.7. The minimum absolute atomic E-state index is 0.0606. The molecule has 1 heterocycles. The summed E-state index contributed by atoms with van der Waals surface area (Å²) in [6.45, 7) is 4.93. The fourth-order valence-corrected chi connectivity index (χ4v) is 2.92. The number of carbonyl (C=O) groups is 2. The van der Waals surface area contributed by atoms with E-state index in [4.69, 9.17) is 21.2 Å². The molecule has 2 aromatic rings. The standard InChI is InChI=1S/C18H21ClN4O4S/c1-18(2,3)27-14(24)9-20-16(25)15(23-26-4)13-10-28-17(22-13)21-12-8-6-5-7-11(12)19/h5-8,10H,9H2,1-4H3,(H,20,25)(H,21,22). The van der Waals surface area contributed by atoms with Crippen LogP contribution >= 0.6 is 22.9 Å². The van der Waals surface area contributed by atoms with Crippen LogP contribution in [0, 0.1) is 0 Å². The molecule has 2 rings (SSSR count). The smallest absolute Gasteiger partial charge is 0.325 e. The van der Waals surface area contributed by atoms with E-state index < -0.39 is 17.5 Å². The van der Waals surface area contributed by atoms with Crippen LogP contribution in [0.1, 0.15) is 26.5 Å². The van der Waals surface area contributed by atoms with Gasteiger partial charge in [0.05, 0.1) is 10.7 Å². The number of aromatic nitrogens is 1. The van der Waals surface area contributed by atoms with E-state index in [1.54, 1.807) is 38.3 Å². The molecule has 8 nitrogen and oxygen atoms in total. The lowest BCUT2D eigenvalue weighted by Crippen LogP contribution is -2.38. The minimum Gasteiger partial charge on any atom is -0.459 e. The normalized spacial score (nSPS) is 11.7. The van der Waals surface area contributed by atoms with Gasteiger partial charge in [0.15, 0.2) is 10.8 Å². The van der Waals surface area contributed by atoms with Crippen molar-refractivity contribution in [3.05, 3.63) is 40.4 Å². The molecule has 0 aliphatic heterocycles. The third kappa shape index (κ3) is 6.50. The molecule has 0 spiro atoms. The van der Waals surface area contributed by atoms with Crippen LogP contribution in [-0.4, -0.2) is 41.8 Å². The predicted molar refractivity (Wildman–Crippen MR) is 109 cm³/mol. The number of thiazole rings is 1. The average Bonchev–Trinajstić information content (AvgIpc) is 3.06. The summed E-state index contributed by atoms with van der Waals surface area (Å²) in [6.07, 6.45) is 0. The van der Waals surface area contributed by atoms with Crippen LogP contribution in [-0.2, 0) is 19.2 Å². The van der Waals surface area contributed by atoms with Gasteiger partial charge in [0.2, 0.25) is 0 Å². The van der Waals surface area contributed by atoms with Crippen molar-refractivity contribution in [2.24, 2.45) is 5.16 Å². The summed E-state index contributed by atoms with van der Waals surface area (Å²) in [5.41, 5.74) is 0.279. The fraction of sp³-hybridized carbons (Fsp3) is 0.333. The molecule has 0 atom stereocenters. The third-order valence-corrected chi connectivity index (χ3v) is 4.16. The molecule has 150 valence electrons. The largest absolute Gasteiger partial charge is 0.459 e. The predicted octanol–water partition coefficient (Wildman–Crippen LogP) is 3.35. The van der Waals surface area contributed by atoms with Gasteiger partial charge in [-0.05, 0) is 32.9 Å². The average molecular weight is 425 g/mol. The van der Waals surface area contributed by atoms with Crippen molar-refractivity contribution < 1.29 is 19.2 Å². The number of oxime groups is 1. The van der Waals surface area contributed by atoms with Crippen molar-refractivity contribution in [1.82, 2.24) is 10.3 Å². The molecule has 0 aliphatic rings. The highest BCUT2D eigenvalue weighted by Gasteiger charge is 2.21. The number of benzene rings is 1. The highest BCUT2D eigenvalue weighted by molar-refractivity contribution is 7.14. The first-order valence-corrected chi connectivity index (χ1v) is 9.54. The van der Waals surface area contributed by atoms with Crippen LogP contribution in [0.5, 0.6) is 0 Å². The number of ether oxygens (including phenoxy) is 1. The topological polar surface area (TPSA) is 102 Å². The molecule has 1 amide bonds. The molecule has 28 heavy (non-hydrogen) atoms. The SMILES string of the molecule is CON=C(C(=O)NCC(=O)OC(C)(C)C)c1csc(Nc2ccccc2Cl)n1. The zero-order valence-corrected chi connectivity index (χ0v) is 17.5. The van der Waals surface area contributed by atoms with Crippen LogP contribution < -0.4 is 10.6 Å². The summed E-state index contributed by atoms with van der Waals surface area (Å²) in [7, 11) is 1.32. The summed E-state index contributed by atoms with van der Waals surface area (Å²) in [5, 5.41) is 12.0. The Kier molecular flexibility index (Phi) is 7.36. The molecule has 0 saturated carbocycles. The summed E-state index contributed by atoms with van der Waals surface area (Å²) in [6, 6.07) is 7.21. The van der Waals surface area contributed by atoms with Crippen LogP contribution in [0.3, 0.4) is 0 Å². The highest BCUT2D eigenvalue weighted by Crippen LogP contribution is 2.27. The lowest BCUT2D eigenvalue weighted by molar-refractivity contribution is -0.154. The van der Waals surface area contributed by atoms with E-state index in [1.165, 1.54) is 18.4 Å². The van der Waals surface area contributed by atoms with Gasteiger partial charge in [-0.2, -0.15) is 0 Å². The van der Waals surface area contributed by atoms with Crippen LogP contribution in [0.4, 0.5) is 10.8 Å². The second-order valence-corrected chi connectivity index (χ2v) is 7.80. The van der Waals surface area contributed by atoms with E-state index in [0.29, 0.717) is 21.5 Å². The number of carbonyl (C=O) groups excluding carboxylic acids is 2. The van der Waals surface area contributed by atoms with Gasteiger partial charge in [-0.15, -0.1) is 11.3 Å². The van der Waals surface area contributed by atoms with Crippen molar-refractivity contribution in [2.45, 2.75) is 26.4 Å². The van der Waals surface area contributed by atoms with Crippen molar-refractivity contribution in [1.29, 1.82) is 0 Å². The second kappa shape index (κ2) is 9.52. The van der Waals surface area contributed by atoms with Crippen LogP contribution in [0.25, 0.3) is 0 Å². The Morgan fingerprint density at radius 2 is 2.00 bits per heavy atom. The number of hydrogen-bond acceptors (Lipinski definition) is 8. The number of amides is 1.